The number of fused-ring (bicyclic) bond motifs is 1. The van der Waals surface area contributed by atoms with Crippen molar-refractivity contribution in [1.29, 1.82) is 0 Å². The van der Waals surface area contributed by atoms with Crippen molar-refractivity contribution in [2.24, 2.45) is 0 Å². The molecular formula is C13H10ClNS. The Hall–Kier alpha value is -1.25. The third kappa shape index (κ3) is 1.64. The van der Waals surface area contributed by atoms with Crippen LogP contribution in [0.1, 0.15) is 4.88 Å². The lowest BCUT2D eigenvalue weighted by molar-refractivity contribution is 1.48. The van der Waals surface area contributed by atoms with Crippen LogP contribution in [0.2, 0.25) is 5.02 Å². The Kier molecular flexibility index (Phi) is 2.27. The molecule has 0 saturated heterocycles. The fourth-order valence-corrected chi connectivity index (χ4v) is 2.84. The molecule has 0 atom stereocenters. The van der Waals surface area contributed by atoms with E-state index in [1.54, 1.807) is 11.3 Å². The molecule has 0 spiro atoms. The van der Waals surface area contributed by atoms with E-state index in [0.717, 1.165) is 21.6 Å². The number of rotatable bonds is 1. The molecule has 2 aromatic heterocycles. The van der Waals surface area contributed by atoms with Gasteiger partial charge in [0.15, 0.2) is 0 Å². The van der Waals surface area contributed by atoms with Gasteiger partial charge in [0.25, 0.3) is 0 Å². The lowest BCUT2D eigenvalue weighted by atomic mass is 10.2. The van der Waals surface area contributed by atoms with Gasteiger partial charge < -0.3 is 4.98 Å². The molecule has 0 aliphatic carbocycles. The second-order valence-corrected chi connectivity index (χ2v) is 5.55. The van der Waals surface area contributed by atoms with E-state index >= 15 is 0 Å². The van der Waals surface area contributed by atoms with E-state index in [0.29, 0.717) is 0 Å². The van der Waals surface area contributed by atoms with Gasteiger partial charge in [-0.15, -0.1) is 11.3 Å². The number of thiophene rings is 1. The predicted molar refractivity (Wildman–Crippen MR) is 71.4 cm³/mol. The Morgan fingerprint density at radius 3 is 2.75 bits per heavy atom. The molecule has 80 valence electrons. The molecule has 1 aromatic carbocycles. The summed E-state index contributed by atoms with van der Waals surface area (Å²) in [6.45, 7) is 2.12. The van der Waals surface area contributed by atoms with Gasteiger partial charge in [0, 0.05) is 20.8 Å². The van der Waals surface area contributed by atoms with Crippen molar-refractivity contribution < 1.29 is 0 Å². The number of hydrogen-bond donors (Lipinski definition) is 1. The summed E-state index contributed by atoms with van der Waals surface area (Å²) in [6, 6.07) is 12.3. The summed E-state index contributed by atoms with van der Waals surface area (Å²) in [7, 11) is 0. The van der Waals surface area contributed by atoms with E-state index in [9.17, 15) is 0 Å². The number of halogens is 1. The molecule has 16 heavy (non-hydrogen) atoms. The van der Waals surface area contributed by atoms with Crippen LogP contribution in [0.3, 0.4) is 0 Å². The molecule has 0 fully saturated rings. The molecule has 3 heteroatoms. The second-order valence-electron chi connectivity index (χ2n) is 3.82. The zero-order chi connectivity index (χ0) is 11.1. The fourth-order valence-electron chi connectivity index (χ4n) is 1.82. The summed E-state index contributed by atoms with van der Waals surface area (Å²) in [5.74, 6) is 0. The normalized spacial score (nSPS) is 11.1. The number of H-pyrrole nitrogens is 1. The fraction of sp³-hybridized carbons (Fsp3) is 0.0769. The Balaban J connectivity index is 2.18. The van der Waals surface area contributed by atoms with Gasteiger partial charge in [-0.2, -0.15) is 0 Å². The van der Waals surface area contributed by atoms with Crippen molar-refractivity contribution in [2.75, 3.05) is 0 Å². The average Bonchev–Trinajstić information content (AvgIpc) is 2.83. The molecule has 0 aliphatic rings. The Bertz CT molecular complexity index is 651. The maximum absolute atomic E-state index is 5.97. The van der Waals surface area contributed by atoms with Crippen molar-refractivity contribution in [3.05, 3.63) is 46.3 Å². The maximum Gasteiger partial charge on any atom is 0.0566 e. The summed E-state index contributed by atoms with van der Waals surface area (Å²) >= 11 is 7.76. The van der Waals surface area contributed by atoms with Gasteiger partial charge >= 0.3 is 0 Å². The van der Waals surface area contributed by atoms with E-state index in [-0.39, 0.29) is 0 Å². The van der Waals surface area contributed by atoms with E-state index in [1.807, 2.05) is 18.2 Å². The molecule has 0 bridgehead atoms. The Labute approximate surface area is 103 Å². The largest absolute Gasteiger partial charge is 0.354 e. The van der Waals surface area contributed by atoms with Gasteiger partial charge in [-0.3, -0.25) is 0 Å². The van der Waals surface area contributed by atoms with Crippen molar-refractivity contribution in [3.63, 3.8) is 0 Å². The van der Waals surface area contributed by atoms with Crippen molar-refractivity contribution in [3.8, 4) is 10.6 Å². The molecule has 3 aromatic rings. The first-order chi connectivity index (χ1) is 7.72. The molecule has 0 radical (unpaired) electrons. The summed E-state index contributed by atoms with van der Waals surface area (Å²) in [5.41, 5.74) is 2.29. The number of hydrogen-bond acceptors (Lipinski definition) is 1. The minimum atomic E-state index is 0.778. The molecule has 0 saturated carbocycles. The summed E-state index contributed by atoms with van der Waals surface area (Å²) < 4.78 is 0. The van der Waals surface area contributed by atoms with Crippen LogP contribution < -0.4 is 0 Å². The first-order valence-corrected chi connectivity index (χ1v) is 6.27. The summed E-state index contributed by atoms with van der Waals surface area (Å²) in [5, 5.41) is 1.94. The van der Waals surface area contributed by atoms with E-state index in [2.05, 4.69) is 30.1 Å². The molecule has 0 aliphatic heterocycles. The molecular weight excluding hydrogens is 238 g/mol. The van der Waals surface area contributed by atoms with E-state index in [4.69, 9.17) is 11.6 Å². The smallest absolute Gasteiger partial charge is 0.0566 e. The quantitative estimate of drug-likeness (QED) is 0.632. The van der Waals surface area contributed by atoms with Crippen LogP contribution in [0.15, 0.2) is 36.4 Å². The number of aromatic nitrogens is 1. The standard InChI is InChI=1S/C13H10ClNS/c1-8-2-5-13(16-8)12-7-9-6-10(14)3-4-11(9)15-12/h2-7,15H,1H3. The van der Waals surface area contributed by atoms with Crippen LogP contribution in [0.4, 0.5) is 0 Å². The van der Waals surface area contributed by atoms with Gasteiger partial charge in [0.1, 0.15) is 0 Å². The van der Waals surface area contributed by atoms with Crippen LogP contribution in [0, 0.1) is 6.92 Å². The lowest BCUT2D eigenvalue weighted by Gasteiger charge is -1.89. The van der Waals surface area contributed by atoms with E-state index in [1.165, 1.54) is 9.75 Å². The third-order valence-electron chi connectivity index (χ3n) is 2.59. The third-order valence-corrected chi connectivity index (χ3v) is 3.86. The highest BCUT2D eigenvalue weighted by Crippen LogP contribution is 2.30. The van der Waals surface area contributed by atoms with Crippen LogP contribution in [0.5, 0.6) is 0 Å². The minimum absolute atomic E-state index is 0.778. The number of benzene rings is 1. The Morgan fingerprint density at radius 1 is 1.12 bits per heavy atom. The van der Waals surface area contributed by atoms with Crippen LogP contribution in [0.25, 0.3) is 21.5 Å². The van der Waals surface area contributed by atoms with Crippen molar-refractivity contribution in [1.82, 2.24) is 4.98 Å². The molecule has 3 rings (SSSR count). The minimum Gasteiger partial charge on any atom is -0.354 e. The molecule has 0 unspecified atom stereocenters. The van der Waals surface area contributed by atoms with Gasteiger partial charge in [-0.1, -0.05) is 11.6 Å². The van der Waals surface area contributed by atoms with Gasteiger partial charge in [-0.05, 0) is 43.3 Å². The van der Waals surface area contributed by atoms with Gasteiger partial charge in [-0.25, -0.2) is 0 Å². The first-order valence-electron chi connectivity index (χ1n) is 5.07. The van der Waals surface area contributed by atoms with Crippen molar-refractivity contribution in [2.45, 2.75) is 6.92 Å². The van der Waals surface area contributed by atoms with Crippen LogP contribution >= 0.6 is 22.9 Å². The highest BCUT2D eigenvalue weighted by Gasteiger charge is 2.05. The van der Waals surface area contributed by atoms with Gasteiger partial charge in [0.2, 0.25) is 0 Å². The van der Waals surface area contributed by atoms with Gasteiger partial charge in [0.05, 0.1) is 10.6 Å². The predicted octanol–water partition coefficient (Wildman–Crippen LogP) is 4.86. The number of aryl methyl sites for hydroxylation is 1. The summed E-state index contributed by atoms with van der Waals surface area (Å²) in [6.07, 6.45) is 0. The highest BCUT2D eigenvalue weighted by atomic mass is 35.5. The first kappa shape index (κ1) is 9.94. The zero-order valence-corrected chi connectivity index (χ0v) is 10.3. The zero-order valence-electron chi connectivity index (χ0n) is 8.75. The van der Waals surface area contributed by atoms with Crippen LogP contribution in [-0.4, -0.2) is 4.98 Å². The lowest BCUT2D eigenvalue weighted by Crippen LogP contribution is -1.69. The highest BCUT2D eigenvalue weighted by molar-refractivity contribution is 7.15. The number of aromatic amines is 1. The van der Waals surface area contributed by atoms with Crippen LogP contribution in [-0.2, 0) is 0 Å². The topological polar surface area (TPSA) is 15.8 Å². The molecule has 2 heterocycles. The summed E-state index contributed by atoms with van der Waals surface area (Å²) in [4.78, 5) is 6.00. The number of nitrogens with one attached hydrogen (secondary N) is 1. The maximum atomic E-state index is 5.97. The second kappa shape index (κ2) is 3.65. The van der Waals surface area contributed by atoms with Crippen molar-refractivity contribution >= 4 is 33.8 Å². The molecule has 0 amide bonds. The SMILES string of the molecule is Cc1ccc(-c2cc3cc(Cl)ccc3[nH]2)s1. The van der Waals surface area contributed by atoms with E-state index < -0.39 is 0 Å². The molecule has 1 nitrogen and oxygen atoms in total. The Morgan fingerprint density at radius 2 is 2.00 bits per heavy atom. The molecule has 1 N–H and O–H groups in total. The average molecular weight is 248 g/mol. The monoisotopic (exact) mass is 247 g/mol.